The van der Waals surface area contributed by atoms with Gasteiger partial charge >= 0.3 is 0 Å². The van der Waals surface area contributed by atoms with Crippen molar-refractivity contribution in [2.24, 2.45) is 0 Å². The summed E-state index contributed by atoms with van der Waals surface area (Å²) in [6.07, 6.45) is 7.69. The van der Waals surface area contributed by atoms with E-state index in [0.717, 1.165) is 36.2 Å². The maximum Gasteiger partial charge on any atom is 0.123 e. The first-order chi connectivity index (χ1) is 10.3. The Balaban J connectivity index is 1.61. The summed E-state index contributed by atoms with van der Waals surface area (Å²) in [5, 5.41) is 0.998. The molecule has 21 heavy (non-hydrogen) atoms. The van der Waals surface area contributed by atoms with Crippen LogP contribution in [0.2, 0.25) is 0 Å². The van der Waals surface area contributed by atoms with Gasteiger partial charge in [-0.05, 0) is 31.0 Å². The van der Waals surface area contributed by atoms with Gasteiger partial charge in [0.05, 0.1) is 0 Å². The van der Waals surface area contributed by atoms with Crippen molar-refractivity contribution in [2.75, 3.05) is 18.4 Å². The third-order valence-electron chi connectivity index (χ3n) is 4.66. The Morgan fingerprint density at radius 2 is 2.05 bits per heavy atom. The van der Waals surface area contributed by atoms with Gasteiger partial charge in [-0.2, -0.15) is 0 Å². The van der Waals surface area contributed by atoms with Gasteiger partial charge in [0.1, 0.15) is 17.7 Å². The number of halogens is 2. The monoisotopic (exact) mass is 355 g/mol. The fraction of sp³-hybridized carbons (Fsp3) is 0.647. The Morgan fingerprint density at radius 1 is 1.24 bits per heavy atom. The molecule has 1 aliphatic heterocycles. The van der Waals surface area contributed by atoms with Gasteiger partial charge in [-0.1, -0.05) is 35.2 Å². The molecule has 3 rings (SSSR count). The zero-order chi connectivity index (χ0) is 14.7. The second-order valence-electron chi connectivity index (χ2n) is 6.17. The molecular weight excluding hydrogens is 333 g/mol. The average molecular weight is 356 g/mol. The highest BCUT2D eigenvalue weighted by atomic mass is 79.9. The van der Waals surface area contributed by atoms with E-state index in [9.17, 15) is 4.39 Å². The topological polar surface area (TPSA) is 12.5 Å². The highest BCUT2D eigenvalue weighted by Gasteiger charge is 2.28. The molecule has 0 saturated heterocycles. The van der Waals surface area contributed by atoms with Crippen molar-refractivity contribution < 1.29 is 9.13 Å². The summed E-state index contributed by atoms with van der Waals surface area (Å²) in [4.78, 5) is 2.57. The molecule has 0 bridgehead atoms. The minimum atomic E-state index is -0.164. The number of hydrogen-bond donors (Lipinski definition) is 0. The molecule has 1 aliphatic carbocycles. The van der Waals surface area contributed by atoms with Gasteiger partial charge in [0.2, 0.25) is 0 Å². The number of hydrogen-bond acceptors (Lipinski definition) is 2. The Kier molecular flexibility index (Phi) is 5.17. The lowest BCUT2D eigenvalue weighted by molar-refractivity contribution is 0.103. The minimum absolute atomic E-state index is 0.164. The van der Waals surface area contributed by atoms with Crippen LogP contribution in [0.1, 0.15) is 37.7 Å². The van der Waals surface area contributed by atoms with E-state index in [0.29, 0.717) is 6.04 Å². The summed E-state index contributed by atoms with van der Waals surface area (Å²) < 4.78 is 19.3. The third-order valence-corrected chi connectivity index (χ3v) is 5.02. The van der Waals surface area contributed by atoms with Crippen LogP contribution < -0.4 is 4.74 Å². The predicted molar refractivity (Wildman–Crippen MR) is 86.8 cm³/mol. The third kappa shape index (κ3) is 3.78. The summed E-state index contributed by atoms with van der Waals surface area (Å²) in [7, 11) is 0. The van der Waals surface area contributed by atoms with Gasteiger partial charge in [-0.25, -0.2) is 4.39 Å². The lowest BCUT2D eigenvalue weighted by atomic mass is 9.94. The minimum Gasteiger partial charge on any atom is -0.488 e. The van der Waals surface area contributed by atoms with Crippen molar-refractivity contribution in [3.63, 3.8) is 0 Å². The number of ether oxygens (including phenoxy) is 1. The van der Waals surface area contributed by atoms with E-state index >= 15 is 0 Å². The van der Waals surface area contributed by atoms with E-state index in [1.165, 1.54) is 38.2 Å². The van der Waals surface area contributed by atoms with Crippen LogP contribution in [0.15, 0.2) is 18.2 Å². The van der Waals surface area contributed by atoms with E-state index in [-0.39, 0.29) is 11.9 Å². The molecule has 1 fully saturated rings. The van der Waals surface area contributed by atoms with Crippen molar-refractivity contribution in [1.82, 2.24) is 4.90 Å². The van der Waals surface area contributed by atoms with Gasteiger partial charge < -0.3 is 4.74 Å². The Hall–Kier alpha value is -0.610. The number of fused-ring (bicyclic) bond motifs is 1. The first-order valence-electron chi connectivity index (χ1n) is 8.01. The molecule has 0 amide bonds. The van der Waals surface area contributed by atoms with Gasteiger partial charge in [-0.3, -0.25) is 4.90 Å². The van der Waals surface area contributed by atoms with Crippen molar-refractivity contribution in [1.29, 1.82) is 0 Å². The lowest BCUT2D eigenvalue weighted by Crippen LogP contribution is -2.43. The first kappa shape index (κ1) is 15.3. The molecule has 1 saturated carbocycles. The number of nitrogens with zero attached hydrogens (tertiary/aromatic N) is 1. The maximum atomic E-state index is 13.3. The van der Waals surface area contributed by atoms with E-state index < -0.39 is 0 Å². The highest BCUT2D eigenvalue weighted by molar-refractivity contribution is 9.09. The molecule has 116 valence electrons. The standard InChI is InChI=1S/C17H23BrFNO/c18-8-9-20(15-4-2-1-3-5-15)12-16-11-13-10-14(19)6-7-17(13)21-16/h6-7,10,15-16H,1-5,8-9,11-12H2. The molecular formula is C17H23BrFNO. The van der Waals surface area contributed by atoms with Crippen LogP contribution >= 0.6 is 15.9 Å². The molecule has 0 N–H and O–H groups in total. The Labute approximate surface area is 134 Å². The quantitative estimate of drug-likeness (QED) is 0.735. The summed E-state index contributed by atoms with van der Waals surface area (Å²) >= 11 is 3.57. The van der Waals surface area contributed by atoms with Crippen LogP contribution in [0.25, 0.3) is 0 Å². The van der Waals surface area contributed by atoms with Crippen molar-refractivity contribution in [3.05, 3.63) is 29.6 Å². The maximum absolute atomic E-state index is 13.3. The highest BCUT2D eigenvalue weighted by Crippen LogP contribution is 2.31. The molecule has 2 aliphatic rings. The summed E-state index contributed by atoms with van der Waals surface area (Å²) in [5.74, 6) is 0.700. The van der Waals surface area contributed by atoms with Gasteiger partial charge in [0.15, 0.2) is 0 Å². The molecule has 4 heteroatoms. The zero-order valence-corrected chi connectivity index (χ0v) is 13.9. The van der Waals surface area contributed by atoms with Crippen LogP contribution in [0, 0.1) is 5.82 Å². The van der Waals surface area contributed by atoms with Crippen molar-refractivity contribution >= 4 is 15.9 Å². The van der Waals surface area contributed by atoms with Crippen LogP contribution in [0.5, 0.6) is 5.75 Å². The number of benzene rings is 1. The molecule has 1 aromatic carbocycles. The van der Waals surface area contributed by atoms with Crippen molar-refractivity contribution in [2.45, 2.75) is 50.7 Å². The Morgan fingerprint density at radius 3 is 2.81 bits per heavy atom. The molecule has 1 unspecified atom stereocenters. The van der Waals surface area contributed by atoms with E-state index in [2.05, 4.69) is 20.8 Å². The SMILES string of the molecule is Fc1ccc2c(c1)CC(CN(CCBr)C1CCCCC1)O2. The molecule has 1 aromatic rings. The Bertz CT molecular complexity index is 476. The zero-order valence-electron chi connectivity index (χ0n) is 12.4. The van der Waals surface area contributed by atoms with Gasteiger partial charge in [0, 0.05) is 36.4 Å². The fourth-order valence-corrected chi connectivity index (χ4v) is 4.09. The van der Waals surface area contributed by atoms with Crippen LogP contribution in [-0.2, 0) is 6.42 Å². The normalized spacial score (nSPS) is 22.3. The molecule has 2 nitrogen and oxygen atoms in total. The van der Waals surface area contributed by atoms with Crippen LogP contribution in [0.3, 0.4) is 0 Å². The molecule has 0 radical (unpaired) electrons. The van der Waals surface area contributed by atoms with E-state index in [4.69, 9.17) is 4.74 Å². The largest absolute Gasteiger partial charge is 0.488 e. The van der Waals surface area contributed by atoms with Crippen molar-refractivity contribution in [3.8, 4) is 5.75 Å². The van der Waals surface area contributed by atoms with Crippen LogP contribution in [-0.4, -0.2) is 35.5 Å². The smallest absolute Gasteiger partial charge is 0.123 e. The lowest BCUT2D eigenvalue weighted by Gasteiger charge is -2.35. The number of rotatable bonds is 5. The van der Waals surface area contributed by atoms with Gasteiger partial charge in [0.25, 0.3) is 0 Å². The summed E-state index contributed by atoms with van der Waals surface area (Å²) in [6.45, 7) is 2.02. The molecule has 1 atom stereocenters. The number of alkyl halides is 1. The molecule has 1 heterocycles. The van der Waals surface area contributed by atoms with E-state index in [1.54, 1.807) is 12.1 Å². The summed E-state index contributed by atoms with van der Waals surface area (Å²) in [5.41, 5.74) is 1.02. The van der Waals surface area contributed by atoms with Gasteiger partial charge in [-0.15, -0.1) is 0 Å². The fourth-order valence-electron chi connectivity index (χ4n) is 3.63. The molecule has 0 aromatic heterocycles. The average Bonchev–Trinajstić information content (AvgIpc) is 2.89. The molecule has 0 spiro atoms. The summed E-state index contributed by atoms with van der Waals surface area (Å²) in [6, 6.07) is 5.56. The van der Waals surface area contributed by atoms with Crippen LogP contribution in [0.4, 0.5) is 4.39 Å². The predicted octanol–water partition coefficient (Wildman–Crippen LogP) is 4.16. The second kappa shape index (κ2) is 7.10. The van der Waals surface area contributed by atoms with E-state index in [1.807, 2.05) is 0 Å². The second-order valence-corrected chi connectivity index (χ2v) is 6.96. The first-order valence-corrected chi connectivity index (χ1v) is 9.13.